The molecule has 0 spiro atoms. The lowest BCUT2D eigenvalue weighted by Crippen LogP contribution is -2.57. The Labute approximate surface area is 104 Å². The molecule has 0 N–H and O–H groups in total. The monoisotopic (exact) mass is 236 g/mol. The van der Waals surface area contributed by atoms with Crippen molar-refractivity contribution in [2.24, 2.45) is 5.92 Å². The lowest BCUT2D eigenvalue weighted by atomic mass is 9.83. The van der Waals surface area contributed by atoms with Crippen molar-refractivity contribution in [1.82, 2.24) is 9.80 Å². The molecule has 1 saturated carbocycles. The third-order valence-electron chi connectivity index (χ3n) is 4.77. The molecule has 2 saturated heterocycles. The van der Waals surface area contributed by atoms with Crippen LogP contribution in [0.15, 0.2) is 0 Å². The topological polar surface area (TPSA) is 23.6 Å². The standard InChI is InChI=1S/C14H24N2O/c1-10(2)15-8-7-13-11(9-15)3-6-14(17)16(13)12-4-5-12/h10-13H,3-9H2,1-2H3. The van der Waals surface area contributed by atoms with E-state index in [-0.39, 0.29) is 0 Å². The van der Waals surface area contributed by atoms with Gasteiger partial charge in [-0.2, -0.15) is 0 Å². The molecule has 0 bridgehead atoms. The predicted molar refractivity (Wildman–Crippen MR) is 67.7 cm³/mol. The number of hydrogen-bond acceptors (Lipinski definition) is 2. The van der Waals surface area contributed by atoms with Gasteiger partial charge in [0.1, 0.15) is 0 Å². The normalized spacial score (nSPS) is 35.2. The first-order chi connectivity index (χ1) is 8.16. The molecule has 3 fully saturated rings. The smallest absolute Gasteiger partial charge is 0.223 e. The lowest BCUT2D eigenvalue weighted by Gasteiger charge is -2.48. The maximum atomic E-state index is 12.1. The third kappa shape index (κ3) is 2.10. The molecular formula is C14H24N2O. The van der Waals surface area contributed by atoms with Crippen molar-refractivity contribution in [1.29, 1.82) is 0 Å². The molecule has 2 atom stereocenters. The molecule has 3 heteroatoms. The number of rotatable bonds is 2. The Hall–Kier alpha value is -0.570. The summed E-state index contributed by atoms with van der Waals surface area (Å²) in [6.45, 7) is 6.95. The zero-order valence-corrected chi connectivity index (χ0v) is 11.1. The van der Waals surface area contributed by atoms with Crippen LogP contribution in [0.5, 0.6) is 0 Å². The molecular weight excluding hydrogens is 212 g/mol. The van der Waals surface area contributed by atoms with Crippen LogP contribution in [0.4, 0.5) is 0 Å². The highest BCUT2D eigenvalue weighted by Crippen LogP contribution is 2.39. The van der Waals surface area contributed by atoms with Gasteiger partial charge in [0.2, 0.25) is 5.91 Å². The summed E-state index contributed by atoms with van der Waals surface area (Å²) in [6.07, 6.45) is 5.62. The van der Waals surface area contributed by atoms with Crippen LogP contribution in [0.1, 0.15) is 46.0 Å². The van der Waals surface area contributed by atoms with E-state index in [0.717, 1.165) is 18.8 Å². The Morgan fingerprint density at radius 1 is 1.18 bits per heavy atom. The average molecular weight is 236 g/mol. The molecule has 3 rings (SSSR count). The maximum absolute atomic E-state index is 12.1. The molecule has 2 unspecified atom stereocenters. The van der Waals surface area contributed by atoms with Gasteiger partial charge in [-0.15, -0.1) is 0 Å². The fraction of sp³-hybridized carbons (Fsp3) is 0.929. The van der Waals surface area contributed by atoms with Crippen LogP contribution in [0, 0.1) is 5.92 Å². The Morgan fingerprint density at radius 3 is 2.59 bits per heavy atom. The van der Waals surface area contributed by atoms with Crippen molar-refractivity contribution in [3.8, 4) is 0 Å². The first kappa shape index (κ1) is 11.5. The molecule has 0 aromatic heterocycles. The van der Waals surface area contributed by atoms with Crippen LogP contribution in [-0.2, 0) is 4.79 Å². The quantitative estimate of drug-likeness (QED) is 0.731. The molecule has 0 aromatic rings. The number of nitrogens with zero attached hydrogens (tertiary/aromatic N) is 2. The van der Waals surface area contributed by atoms with Gasteiger partial charge >= 0.3 is 0 Å². The van der Waals surface area contributed by atoms with Gasteiger partial charge in [0, 0.05) is 37.6 Å². The average Bonchev–Trinajstić information content (AvgIpc) is 3.12. The molecule has 0 aromatic carbocycles. The Kier molecular flexibility index (Phi) is 2.89. The Balaban J connectivity index is 1.71. The van der Waals surface area contributed by atoms with Gasteiger partial charge in [-0.3, -0.25) is 4.79 Å². The van der Waals surface area contributed by atoms with Crippen molar-refractivity contribution < 1.29 is 4.79 Å². The summed E-state index contributed by atoms with van der Waals surface area (Å²) in [5, 5.41) is 0. The highest BCUT2D eigenvalue weighted by Gasteiger charge is 2.45. The van der Waals surface area contributed by atoms with Gasteiger partial charge in [-0.25, -0.2) is 0 Å². The molecule has 3 nitrogen and oxygen atoms in total. The van der Waals surface area contributed by atoms with Crippen LogP contribution >= 0.6 is 0 Å². The number of fused-ring (bicyclic) bond motifs is 1. The minimum absolute atomic E-state index is 0.437. The summed E-state index contributed by atoms with van der Waals surface area (Å²) in [4.78, 5) is 16.9. The van der Waals surface area contributed by atoms with Crippen LogP contribution in [0.2, 0.25) is 0 Å². The number of piperidine rings is 2. The fourth-order valence-corrected chi connectivity index (χ4v) is 3.62. The first-order valence-corrected chi connectivity index (χ1v) is 7.22. The van der Waals surface area contributed by atoms with Crippen LogP contribution in [0.3, 0.4) is 0 Å². The molecule has 3 aliphatic rings. The van der Waals surface area contributed by atoms with Crippen molar-refractivity contribution >= 4 is 5.91 Å². The van der Waals surface area contributed by atoms with Crippen molar-refractivity contribution in [3.63, 3.8) is 0 Å². The van der Waals surface area contributed by atoms with Crippen molar-refractivity contribution in [2.75, 3.05) is 13.1 Å². The molecule has 2 aliphatic heterocycles. The zero-order valence-electron chi connectivity index (χ0n) is 11.1. The molecule has 17 heavy (non-hydrogen) atoms. The van der Waals surface area contributed by atoms with Gasteiger partial charge in [0.15, 0.2) is 0 Å². The van der Waals surface area contributed by atoms with Gasteiger partial charge in [0.05, 0.1) is 0 Å². The molecule has 1 amide bonds. The highest BCUT2D eigenvalue weighted by atomic mass is 16.2. The molecule has 96 valence electrons. The second-order valence-electron chi connectivity index (χ2n) is 6.28. The molecule has 2 heterocycles. The molecule has 1 aliphatic carbocycles. The third-order valence-corrected chi connectivity index (χ3v) is 4.77. The van der Waals surface area contributed by atoms with E-state index in [9.17, 15) is 4.79 Å². The lowest BCUT2D eigenvalue weighted by molar-refractivity contribution is -0.142. The van der Waals surface area contributed by atoms with E-state index in [1.54, 1.807) is 0 Å². The van der Waals surface area contributed by atoms with Gasteiger partial charge in [0.25, 0.3) is 0 Å². The summed E-state index contributed by atoms with van der Waals surface area (Å²) >= 11 is 0. The number of amides is 1. The maximum Gasteiger partial charge on any atom is 0.223 e. The van der Waals surface area contributed by atoms with Crippen molar-refractivity contribution in [2.45, 2.75) is 64.1 Å². The van der Waals surface area contributed by atoms with E-state index in [4.69, 9.17) is 0 Å². The number of hydrogen-bond donors (Lipinski definition) is 0. The van der Waals surface area contributed by atoms with E-state index in [1.807, 2.05) is 0 Å². The summed E-state index contributed by atoms with van der Waals surface area (Å²) < 4.78 is 0. The van der Waals surface area contributed by atoms with Crippen LogP contribution in [-0.4, -0.2) is 46.9 Å². The van der Waals surface area contributed by atoms with E-state index < -0.39 is 0 Å². The van der Waals surface area contributed by atoms with Crippen LogP contribution < -0.4 is 0 Å². The van der Waals surface area contributed by atoms with Gasteiger partial charge < -0.3 is 9.80 Å². The first-order valence-electron chi connectivity index (χ1n) is 7.22. The second kappa shape index (κ2) is 4.27. The largest absolute Gasteiger partial charge is 0.336 e. The fourth-order valence-electron chi connectivity index (χ4n) is 3.62. The SMILES string of the molecule is CC(C)N1CCC2C(CCC(=O)N2C2CC2)C1. The number of carbonyl (C=O) groups is 1. The summed E-state index contributed by atoms with van der Waals surface area (Å²) in [7, 11) is 0. The summed E-state index contributed by atoms with van der Waals surface area (Å²) in [6, 6.07) is 1.84. The van der Waals surface area contributed by atoms with Gasteiger partial charge in [-0.05, 0) is 45.4 Å². The number of likely N-dealkylation sites (tertiary alicyclic amines) is 2. The zero-order chi connectivity index (χ0) is 12.0. The Bertz CT molecular complexity index is 311. The van der Waals surface area contributed by atoms with Gasteiger partial charge in [-0.1, -0.05) is 0 Å². The number of carbonyl (C=O) groups excluding carboxylic acids is 1. The molecule has 0 radical (unpaired) electrons. The van der Waals surface area contributed by atoms with Crippen LogP contribution in [0.25, 0.3) is 0 Å². The van der Waals surface area contributed by atoms with E-state index >= 15 is 0 Å². The summed E-state index contributed by atoms with van der Waals surface area (Å²) in [5.74, 6) is 1.18. The minimum atomic E-state index is 0.437. The van der Waals surface area contributed by atoms with Crippen molar-refractivity contribution in [3.05, 3.63) is 0 Å². The van der Waals surface area contributed by atoms with E-state index in [2.05, 4.69) is 23.6 Å². The van der Waals surface area contributed by atoms with E-state index in [1.165, 1.54) is 32.4 Å². The minimum Gasteiger partial charge on any atom is -0.336 e. The highest BCUT2D eigenvalue weighted by molar-refractivity contribution is 5.78. The Morgan fingerprint density at radius 2 is 1.94 bits per heavy atom. The second-order valence-corrected chi connectivity index (χ2v) is 6.28. The summed E-state index contributed by atoms with van der Waals surface area (Å²) in [5.41, 5.74) is 0. The predicted octanol–water partition coefficient (Wildman–Crippen LogP) is 1.87. The van der Waals surface area contributed by atoms with E-state index in [0.29, 0.717) is 24.0 Å².